The van der Waals surface area contributed by atoms with E-state index in [0.717, 1.165) is 51.4 Å². The van der Waals surface area contributed by atoms with E-state index in [9.17, 15) is 4.79 Å². The molecule has 1 aromatic heterocycles. The standard InChI is InChI=1S/C19H23ClN4O2/c20-16-3-1-4-17(11-16)24-13-15(12-21-24)19(25)23-8-6-22(7-9-23)14-18-5-2-10-26-18/h1,3-4,11-13,18H,2,5-10,14H2. The molecule has 138 valence electrons. The van der Waals surface area contributed by atoms with Crippen molar-refractivity contribution in [2.24, 2.45) is 0 Å². The molecule has 7 heteroatoms. The Morgan fingerprint density at radius 3 is 2.85 bits per heavy atom. The van der Waals surface area contributed by atoms with E-state index in [1.165, 1.54) is 6.42 Å². The van der Waals surface area contributed by atoms with Gasteiger partial charge in [0, 0.05) is 50.6 Å². The van der Waals surface area contributed by atoms with Crippen LogP contribution in [0.5, 0.6) is 0 Å². The average molecular weight is 375 g/mol. The molecule has 0 radical (unpaired) electrons. The quantitative estimate of drug-likeness (QED) is 0.825. The Labute approximate surface area is 158 Å². The van der Waals surface area contributed by atoms with Gasteiger partial charge in [0.05, 0.1) is 23.6 Å². The molecule has 0 spiro atoms. The van der Waals surface area contributed by atoms with E-state index in [2.05, 4.69) is 10.00 Å². The van der Waals surface area contributed by atoms with E-state index in [0.29, 0.717) is 16.7 Å². The van der Waals surface area contributed by atoms with Crippen LogP contribution in [-0.2, 0) is 4.74 Å². The number of ether oxygens (including phenoxy) is 1. The van der Waals surface area contributed by atoms with Gasteiger partial charge in [0.25, 0.3) is 5.91 Å². The molecule has 6 nitrogen and oxygen atoms in total. The number of hydrogen-bond acceptors (Lipinski definition) is 4. The van der Waals surface area contributed by atoms with Crippen molar-refractivity contribution in [2.45, 2.75) is 18.9 Å². The van der Waals surface area contributed by atoms with Crippen molar-refractivity contribution in [3.05, 3.63) is 47.2 Å². The lowest BCUT2D eigenvalue weighted by Crippen LogP contribution is -2.50. The molecule has 3 heterocycles. The third kappa shape index (κ3) is 3.92. The molecule has 0 aliphatic carbocycles. The lowest BCUT2D eigenvalue weighted by molar-refractivity contribution is 0.0432. The maximum atomic E-state index is 12.8. The van der Waals surface area contributed by atoms with Crippen LogP contribution in [0.15, 0.2) is 36.7 Å². The summed E-state index contributed by atoms with van der Waals surface area (Å²) >= 11 is 6.03. The highest BCUT2D eigenvalue weighted by Crippen LogP contribution is 2.17. The summed E-state index contributed by atoms with van der Waals surface area (Å²) in [4.78, 5) is 17.1. The summed E-state index contributed by atoms with van der Waals surface area (Å²) in [5.74, 6) is 0.0371. The molecule has 4 rings (SSSR count). The van der Waals surface area contributed by atoms with Crippen LogP contribution in [0, 0.1) is 0 Å². The van der Waals surface area contributed by atoms with Crippen LogP contribution in [0.1, 0.15) is 23.2 Å². The van der Waals surface area contributed by atoms with Crippen LogP contribution in [0.2, 0.25) is 5.02 Å². The largest absolute Gasteiger partial charge is 0.377 e. The molecule has 2 aliphatic rings. The number of piperazine rings is 1. The Kier molecular flexibility index (Phi) is 5.24. The van der Waals surface area contributed by atoms with Gasteiger partial charge in [-0.25, -0.2) is 4.68 Å². The summed E-state index contributed by atoms with van der Waals surface area (Å²) in [6.45, 7) is 5.15. The normalized spacial score (nSPS) is 21.3. The van der Waals surface area contributed by atoms with Gasteiger partial charge in [-0.2, -0.15) is 5.10 Å². The zero-order chi connectivity index (χ0) is 17.9. The van der Waals surface area contributed by atoms with Crippen LogP contribution >= 0.6 is 11.6 Å². The zero-order valence-corrected chi connectivity index (χ0v) is 15.4. The summed E-state index contributed by atoms with van der Waals surface area (Å²) in [6, 6.07) is 7.43. The van der Waals surface area contributed by atoms with Crippen molar-refractivity contribution in [3.8, 4) is 5.69 Å². The minimum absolute atomic E-state index is 0.0371. The second kappa shape index (κ2) is 7.78. The zero-order valence-electron chi connectivity index (χ0n) is 14.7. The molecule has 0 bridgehead atoms. The first-order valence-electron chi connectivity index (χ1n) is 9.13. The topological polar surface area (TPSA) is 50.6 Å². The van der Waals surface area contributed by atoms with Crippen LogP contribution < -0.4 is 0 Å². The molecule has 1 atom stereocenters. The minimum atomic E-state index is 0.0371. The van der Waals surface area contributed by atoms with E-state index in [1.54, 1.807) is 17.1 Å². The summed E-state index contributed by atoms with van der Waals surface area (Å²) in [6.07, 6.45) is 6.09. The third-order valence-corrected chi connectivity index (χ3v) is 5.28. The third-order valence-electron chi connectivity index (χ3n) is 5.05. The van der Waals surface area contributed by atoms with Crippen molar-refractivity contribution in [1.29, 1.82) is 0 Å². The van der Waals surface area contributed by atoms with Gasteiger partial charge in [-0.15, -0.1) is 0 Å². The second-order valence-corrected chi connectivity index (χ2v) is 7.32. The molecule has 0 saturated carbocycles. The molecule has 2 aliphatic heterocycles. The van der Waals surface area contributed by atoms with Gasteiger partial charge in [0.2, 0.25) is 0 Å². The summed E-state index contributed by atoms with van der Waals surface area (Å²) in [5.41, 5.74) is 1.45. The van der Waals surface area contributed by atoms with Crippen molar-refractivity contribution in [3.63, 3.8) is 0 Å². The van der Waals surface area contributed by atoms with Crippen molar-refractivity contribution in [1.82, 2.24) is 19.6 Å². The highest BCUT2D eigenvalue weighted by molar-refractivity contribution is 6.30. The smallest absolute Gasteiger partial charge is 0.257 e. The SMILES string of the molecule is O=C(c1cnn(-c2cccc(Cl)c2)c1)N1CCN(CC2CCCO2)CC1. The van der Waals surface area contributed by atoms with Gasteiger partial charge in [0.1, 0.15) is 0 Å². The van der Waals surface area contributed by atoms with Gasteiger partial charge in [0.15, 0.2) is 0 Å². The van der Waals surface area contributed by atoms with Crippen LogP contribution in [0.25, 0.3) is 5.69 Å². The molecule has 0 N–H and O–H groups in total. The van der Waals surface area contributed by atoms with Gasteiger partial charge in [-0.3, -0.25) is 9.69 Å². The summed E-state index contributed by atoms with van der Waals surface area (Å²) in [7, 11) is 0. The predicted octanol–water partition coefficient (Wildman–Crippen LogP) is 2.46. The summed E-state index contributed by atoms with van der Waals surface area (Å²) < 4.78 is 7.40. The van der Waals surface area contributed by atoms with Crippen molar-refractivity contribution >= 4 is 17.5 Å². The number of aromatic nitrogens is 2. The van der Waals surface area contributed by atoms with Crippen LogP contribution in [-0.4, -0.2) is 70.9 Å². The number of hydrogen-bond donors (Lipinski definition) is 0. The van der Waals surface area contributed by atoms with E-state index < -0.39 is 0 Å². The van der Waals surface area contributed by atoms with Crippen molar-refractivity contribution in [2.75, 3.05) is 39.3 Å². The first-order valence-corrected chi connectivity index (χ1v) is 9.51. The molecular formula is C19H23ClN4O2. The monoisotopic (exact) mass is 374 g/mol. The number of nitrogens with zero attached hydrogens (tertiary/aromatic N) is 4. The van der Waals surface area contributed by atoms with Crippen LogP contribution in [0.3, 0.4) is 0 Å². The molecule has 1 unspecified atom stereocenters. The first kappa shape index (κ1) is 17.5. The lowest BCUT2D eigenvalue weighted by Gasteiger charge is -2.35. The maximum absolute atomic E-state index is 12.8. The molecule has 26 heavy (non-hydrogen) atoms. The first-order chi connectivity index (χ1) is 12.7. The highest BCUT2D eigenvalue weighted by Gasteiger charge is 2.26. The van der Waals surface area contributed by atoms with E-state index in [-0.39, 0.29) is 5.91 Å². The minimum Gasteiger partial charge on any atom is -0.377 e. The number of carbonyl (C=O) groups is 1. The molecular weight excluding hydrogens is 352 g/mol. The average Bonchev–Trinajstić information content (AvgIpc) is 3.34. The second-order valence-electron chi connectivity index (χ2n) is 6.88. The fraction of sp³-hybridized carbons (Fsp3) is 0.474. The maximum Gasteiger partial charge on any atom is 0.257 e. The molecule has 1 amide bonds. The van der Waals surface area contributed by atoms with Crippen LogP contribution in [0.4, 0.5) is 0 Å². The number of benzene rings is 1. The van der Waals surface area contributed by atoms with Gasteiger partial charge < -0.3 is 9.64 Å². The lowest BCUT2D eigenvalue weighted by atomic mass is 10.2. The number of rotatable bonds is 4. The highest BCUT2D eigenvalue weighted by atomic mass is 35.5. The van der Waals surface area contributed by atoms with Gasteiger partial charge >= 0.3 is 0 Å². The van der Waals surface area contributed by atoms with Gasteiger partial charge in [-0.05, 0) is 31.0 Å². The number of amides is 1. The molecule has 2 saturated heterocycles. The predicted molar refractivity (Wildman–Crippen MR) is 99.9 cm³/mol. The Hall–Kier alpha value is -1.89. The Balaban J connectivity index is 1.35. The van der Waals surface area contributed by atoms with E-state index >= 15 is 0 Å². The Morgan fingerprint density at radius 2 is 2.12 bits per heavy atom. The number of halogens is 1. The molecule has 1 aromatic carbocycles. The van der Waals surface area contributed by atoms with E-state index in [4.69, 9.17) is 16.3 Å². The van der Waals surface area contributed by atoms with E-state index in [1.807, 2.05) is 29.2 Å². The molecule has 2 aromatic rings. The Morgan fingerprint density at radius 1 is 1.27 bits per heavy atom. The van der Waals surface area contributed by atoms with Crippen molar-refractivity contribution < 1.29 is 9.53 Å². The number of carbonyl (C=O) groups excluding carboxylic acids is 1. The summed E-state index contributed by atoms with van der Waals surface area (Å²) in [5, 5.41) is 4.96. The molecule has 2 fully saturated rings. The van der Waals surface area contributed by atoms with Gasteiger partial charge in [-0.1, -0.05) is 17.7 Å². The fourth-order valence-corrected chi connectivity index (χ4v) is 3.77. The Bertz CT molecular complexity index is 764. The fourth-order valence-electron chi connectivity index (χ4n) is 3.59.